The summed E-state index contributed by atoms with van der Waals surface area (Å²) in [6, 6.07) is 13.6. The zero-order chi connectivity index (χ0) is 20.5. The fourth-order valence-corrected chi connectivity index (χ4v) is 2.77. The molecule has 0 fully saturated rings. The van der Waals surface area contributed by atoms with E-state index in [-0.39, 0.29) is 18.3 Å². The number of carbonyl (C=O) groups excluding carboxylic acids is 1. The summed E-state index contributed by atoms with van der Waals surface area (Å²) in [6.07, 6.45) is 0.461. The van der Waals surface area contributed by atoms with Crippen molar-refractivity contribution < 1.29 is 24.2 Å². The van der Waals surface area contributed by atoms with Crippen LogP contribution in [0.4, 0.5) is 11.4 Å². The summed E-state index contributed by atoms with van der Waals surface area (Å²) in [4.78, 5) is 19.7. The van der Waals surface area contributed by atoms with E-state index in [9.17, 15) is 4.79 Å². The molecule has 8 heteroatoms. The summed E-state index contributed by atoms with van der Waals surface area (Å²) in [5.41, 5.74) is 6.26. The van der Waals surface area contributed by atoms with E-state index in [1.54, 1.807) is 14.2 Å². The molecule has 3 N–H and O–H groups in total. The number of carboxylic acid groups (broad SMARTS) is 1. The number of anilines is 2. The lowest BCUT2D eigenvalue weighted by atomic mass is 9.94. The first kappa shape index (κ1) is 20.8. The number of hydrazone groups is 1. The van der Waals surface area contributed by atoms with Gasteiger partial charge in [0.15, 0.2) is 0 Å². The van der Waals surface area contributed by atoms with E-state index < -0.39 is 0 Å². The highest BCUT2D eigenvalue weighted by Crippen LogP contribution is 2.28. The van der Waals surface area contributed by atoms with Gasteiger partial charge < -0.3 is 19.9 Å². The van der Waals surface area contributed by atoms with Gasteiger partial charge in [0, 0.05) is 41.9 Å². The molecule has 1 heterocycles. The van der Waals surface area contributed by atoms with E-state index in [1.165, 1.54) is 0 Å². The molecule has 1 amide bonds. The van der Waals surface area contributed by atoms with Crippen LogP contribution in [0.1, 0.15) is 18.9 Å². The smallest absolute Gasteiger partial charge is 0.290 e. The number of carbonyl (C=O) groups is 2. The van der Waals surface area contributed by atoms with Crippen LogP contribution < -0.4 is 20.2 Å². The minimum Gasteiger partial charge on any atom is -0.497 e. The average Bonchev–Trinajstić information content (AvgIpc) is 2.69. The van der Waals surface area contributed by atoms with Crippen LogP contribution in [0, 0.1) is 5.92 Å². The summed E-state index contributed by atoms with van der Waals surface area (Å²) in [5.74, 6) is 1.51. The summed E-state index contributed by atoms with van der Waals surface area (Å²) in [6.45, 7) is 1.76. The fourth-order valence-electron chi connectivity index (χ4n) is 2.77. The second kappa shape index (κ2) is 9.96. The monoisotopic (exact) mass is 385 g/mol. The molecule has 148 valence electrons. The Morgan fingerprint density at radius 3 is 2.18 bits per heavy atom. The van der Waals surface area contributed by atoms with Crippen molar-refractivity contribution in [3.63, 3.8) is 0 Å². The first-order chi connectivity index (χ1) is 13.5. The maximum Gasteiger partial charge on any atom is 0.290 e. The maximum absolute atomic E-state index is 11.4. The van der Waals surface area contributed by atoms with Crippen LogP contribution in [-0.4, -0.2) is 37.4 Å². The average molecular weight is 385 g/mol. The Balaban J connectivity index is 0.000000878. The van der Waals surface area contributed by atoms with Crippen LogP contribution in [-0.2, 0) is 9.59 Å². The molecule has 0 spiro atoms. The van der Waals surface area contributed by atoms with Crippen LogP contribution in [0.3, 0.4) is 0 Å². The second-order valence-corrected chi connectivity index (χ2v) is 6.05. The molecule has 0 bridgehead atoms. The molecule has 0 aliphatic carbocycles. The van der Waals surface area contributed by atoms with Gasteiger partial charge in [-0.3, -0.25) is 9.59 Å². The van der Waals surface area contributed by atoms with Crippen LogP contribution in [0.15, 0.2) is 47.6 Å². The second-order valence-electron chi connectivity index (χ2n) is 6.05. The third-order valence-electron chi connectivity index (χ3n) is 4.08. The molecule has 2 aromatic carbocycles. The van der Waals surface area contributed by atoms with Crippen molar-refractivity contribution in [3.8, 4) is 11.5 Å². The third-order valence-corrected chi connectivity index (χ3v) is 4.08. The van der Waals surface area contributed by atoms with E-state index in [4.69, 9.17) is 19.4 Å². The molecule has 0 radical (unpaired) electrons. The van der Waals surface area contributed by atoms with Crippen molar-refractivity contribution >= 4 is 29.5 Å². The molecular weight excluding hydrogens is 362 g/mol. The predicted octanol–water partition coefficient (Wildman–Crippen LogP) is 3.01. The normalized spacial score (nSPS) is 15.3. The highest BCUT2D eigenvalue weighted by atomic mass is 16.5. The number of nitrogens with one attached hydrogen (secondary N) is 2. The molecule has 1 aliphatic rings. The first-order valence-electron chi connectivity index (χ1n) is 8.55. The number of nitrogens with zero attached hydrogens (tertiary/aromatic N) is 1. The Kier molecular flexibility index (Phi) is 7.38. The van der Waals surface area contributed by atoms with Crippen LogP contribution in [0.5, 0.6) is 11.5 Å². The molecule has 2 aromatic rings. The molecule has 28 heavy (non-hydrogen) atoms. The van der Waals surface area contributed by atoms with Crippen LogP contribution in [0.25, 0.3) is 0 Å². The first-order valence-corrected chi connectivity index (χ1v) is 8.55. The van der Waals surface area contributed by atoms with Crippen molar-refractivity contribution in [3.05, 3.63) is 48.0 Å². The molecule has 8 nitrogen and oxygen atoms in total. The number of benzene rings is 2. The minimum atomic E-state index is -0.250. The third kappa shape index (κ3) is 5.47. The lowest BCUT2D eigenvalue weighted by molar-refractivity contribution is -0.123. The summed E-state index contributed by atoms with van der Waals surface area (Å²) >= 11 is 0. The zero-order valence-electron chi connectivity index (χ0n) is 15.9. The number of hydrogen-bond acceptors (Lipinski definition) is 6. The standard InChI is InChI=1S/C19H21N3O3.CH2O2/c1-12-8-18(23)21-22-19(12)13-4-6-14(7-5-13)20-15-9-16(24-2)11-17(10-15)25-3;2-1-3/h4-7,9-12,20H,8H2,1-3H3,(H,21,23);1H,(H,2,3). The minimum absolute atomic E-state index is 0.0403. The zero-order valence-corrected chi connectivity index (χ0v) is 15.9. The van der Waals surface area contributed by atoms with Crippen molar-refractivity contribution in [2.75, 3.05) is 19.5 Å². The molecule has 1 atom stereocenters. The molecular formula is C20H23N3O5. The Labute approximate surface area is 163 Å². The van der Waals surface area contributed by atoms with Gasteiger partial charge in [-0.05, 0) is 17.7 Å². The van der Waals surface area contributed by atoms with Crippen LogP contribution in [0.2, 0.25) is 0 Å². The number of amides is 1. The van der Waals surface area contributed by atoms with Crippen molar-refractivity contribution in [1.29, 1.82) is 0 Å². The van der Waals surface area contributed by atoms with E-state index in [0.29, 0.717) is 6.42 Å². The van der Waals surface area contributed by atoms with Crippen LogP contribution >= 0.6 is 0 Å². The van der Waals surface area contributed by atoms with Gasteiger partial charge in [-0.25, -0.2) is 5.43 Å². The van der Waals surface area contributed by atoms with Gasteiger partial charge in [-0.2, -0.15) is 5.10 Å². The van der Waals surface area contributed by atoms with E-state index >= 15 is 0 Å². The van der Waals surface area contributed by atoms with Gasteiger partial charge in [0.05, 0.1) is 19.9 Å². The molecule has 1 unspecified atom stereocenters. The quantitative estimate of drug-likeness (QED) is 0.683. The van der Waals surface area contributed by atoms with Crippen molar-refractivity contribution in [1.82, 2.24) is 5.43 Å². The van der Waals surface area contributed by atoms with Gasteiger partial charge in [0.2, 0.25) is 5.91 Å². The van der Waals surface area contributed by atoms with Gasteiger partial charge in [0.25, 0.3) is 6.47 Å². The summed E-state index contributed by atoms with van der Waals surface area (Å²) in [5, 5.41) is 14.4. The number of methoxy groups -OCH3 is 2. The number of rotatable bonds is 5. The summed E-state index contributed by atoms with van der Waals surface area (Å²) < 4.78 is 10.6. The highest BCUT2D eigenvalue weighted by Gasteiger charge is 2.21. The largest absolute Gasteiger partial charge is 0.497 e. The fraction of sp³-hybridized carbons (Fsp3) is 0.250. The highest BCUT2D eigenvalue weighted by molar-refractivity contribution is 6.05. The topological polar surface area (TPSA) is 109 Å². The Hall–Kier alpha value is -3.55. The van der Waals surface area contributed by atoms with Gasteiger partial charge >= 0.3 is 0 Å². The molecule has 0 saturated carbocycles. The SMILES string of the molecule is COc1cc(Nc2ccc(C3=NNC(=O)CC3C)cc2)cc(OC)c1.O=CO. The molecule has 0 saturated heterocycles. The lowest BCUT2D eigenvalue weighted by Gasteiger charge is -2.19. The van der Waals surface area contributed by atoms with E-state index in [1.807, 2.05) is 49.4 Å². The maximum atomic E-state index is 11.4. The molecule has 1 aliphatic heterocycles. The molecule has 3 rings (SSSR count). The molecule has 0 aromatic heterocycles. The van der Waals surface area contributed by atoms with Crippen molar-refractivity contribution in [2.24, 2.45) is 11.0 Å². The van der Waals surface area contributed by atoms with Gasteiger partial charge in [0.1, 0.15) is 11.5 Å². The number of hydrogen-bond donors (Lipinski definition) is 3. The Bertz CT molecular complexity index is 827. The number of ether oxygens (including phenoxy) is 2. The predicted molar refractivity (Wildman–Crippen MR) is 106 cm³/mol. The Morgan fingerprint density at radius 1 is 1.11 bits per heavy atom. The van der Waals surface area contributed by atoms with Crippen molar-refractivity contribution in [2.45, 2.75) is 13.3 Å². The lowest BCUT2D eigenvalue weighted by Crippen LogP contribution is -2.31. The Morgan fingerprint density at radius 2 is 1.68 bits per heavy atom. The van der Waals surface area contributed by atoms with E-state index in [0.717, 1.165) is 34.1 Å². The van der Waals surface area contributed by atoms with Gasteiger partial charge in [-0.1, -0.05) is 19.1 Å². The van der Waals surface area contributed by atoms with E-state index in [2.05, 4.69) is 15.8 Å². The summed E-state index contributed by atoms with van der Waals surface area (Å²) in [7, 11) is 3.25. The van der Waals surface area contributed by atoms with Gasteiger partial charge in [-0.15, -0.1) is 0 Å².